The summed E-state index contributed by atoms with van der Waals surface area (Å²) in [5.41, 5.74) is 0.860. The molecule has 0 N–H and O–H groups in total. The zero-order valence-corrected chi connectivity index (χ0v) is 13.6. The van der Waals surface area contributed by atoms with Gasteiger partial charge >= 0.3 is 11.9 Å². The minimum Gasteiger partial charge on any atom is -0.468 e. The monoisotopic (exact) mass is 304 g/mol. The fourth-order valence-corrected chi connectivity index (χ4v) is 3.45. The smallest absolute Gasteiger partial charge is 0.338 e. The zero-order chi connectivity index (χ0) is 16.2. The number of esters is 2. The van der Waals surface area contributed by atoms with Crippen molar-refractivity contribution in [2.24, 2.45) is 5.41 Å². The van der Waals surface area contributed by atoms with Gasteiger partial charge in [-0.3, -0.25) is 4.79 Å². The third-order valence-corrected chi connectivity index (χ3v) is 4.50. The van der Waals surface area contributed by atoms with Gasteiger partial charge in [0.05, 0.1) is 12.7 Å². The Bertz CT molecular complexity index is 552. The third-order valence-electron chi connectivity index (χ3n) is 4.50. The van der Waals surface area contributed by atoms with Crippen molar-refractivity contribution < 1.29 is 19.1 Å². The number of rotatable bonds is 5. The molecule has 2 rings (SSSR count). The lowest BCUT2D eigenvalue weighted by atomic mass is 9.79. The first-order valence-electron chi connectivity index (χ1n) is 7.89. The van der Waals surface area contributed by atoms with Crippen molar-refractivity contribution in [2.45, 2.75) is 52.1 Å². The first-order chi connectivity index (χ1) is 10.5. The number of ether oxygens (including phenoxy) is 2. The van der Waals surface area contributed by atoms with Gasteiger partial charge in [-0.05, 0) is 44.7 Å². The van der Waals surface area contributed by atoms with Crippen LogP contribution in [0.2, 0.25) is 0 Å². The minimum absolute atomic E-state index is 0.256. The highest BCUT2D eigenvalue weighted by Gasteiger charge is 2.51. The number of carbonyl (C=O) groups excluding carboxylic acids is 2. The average molecular weight is 304 g/mol. The van der Waals surface area contributed by atoms with Gasteiger partial charge in [0.2, 0.25) is 0 Å². The van der Waals surface area contributed by atoms with E-state index in [2.05, 4.69) is 0 Å². The lowest BCUT2D eigenvalue weighted by Crippen LogP contribution is -2.41. The molecule has 1 aliphatic carbocycles. The van der Waals surface area contributed by atoms with Gasteiger partial charge in [0.15, 0.2) is 0 Å². The van der Waals surface area contributed by atoms with Crippen LogP contribution in [0.1, 0.15) is 54.9 Å². The number of benzene rings is 1. The SMILES string of the molecule is CCCC1(C(=O)OC)CCCC1OC(=O)c1cccc(C)c1. The summed E-state index contributed by atoms with van der Waals surface area (Å²) in [5, 5.41) is 0. The first kappa shape index (κ1) is 16.5. The van der Waals surface area contributed by atoms with E-state index in [0.29, 0.717) is 18.4 Å². The summed E-state index contributed by atoms with van der Waals surface area (Å²) < 4.78 is 10.7. The van der Waals surface area contributed by atoms with Gasteiger partial charge in [0.1, 0.15) is 11.5 Å². The van der Waals surface area contributed by atoms with E-state index in [1.807, 2.05) is 26.0 Å². The van der Waals surface area contributed by atoms with E-state index in [4.69, 9.17) is 9.47 Å². The summed E-state index contributed by atoms with van der Waals surface area (Å²) in [6.45, 7) is 3.96. The number of methoxy groups -OCH3 is 1. The van der Waals surface area contributed by atoms with E-state index < -0.39 is 11.5 Å². The van der Waals surface area contributed by atoms with Crippen LogP contribution < -0.4 is 0 Å². The summed E-state index contributed by atoms with van der Waals surface area (Å²) in [5.74, 6) is -0.617. The molecule has 0 aromatic heterocycles. The van der Waals surface area contributed by atoms with E-state index in [9.17, 15) is 9.59 Å². The summed E-state index contributed by atoms with van der Waals surface area (Å²) >= 11 is 0. The average Bonchev–Trinajstić information content (AvgIpc) is 2.90. The molecule has 0 aliphatic heterocycles. The van der Waals surface area contributed by atoms with E-state index in [1.54, 1.807) is 12.1 Å². The fraction of sp³-hybridized carbons (Fsp3) is 0.556. The third kappa shape index (κ3) is 3.16. The largest absolute Gasteiger partial charge is 0.468 e. The van der Waals surface area contributed by atoms with Gasteiger partial charge in [-0.2, -0.15) is 0 Å². The molecule has 0 radical (unpaired) electrons. The topological polar surface area (TPSA) is 52.6 Å². The Morgan fingerprint density at radius 1 is 1.36 bits per heavy atom. The molecule has 0 saturated heterocycles. The van der Waals surface area contributed by atoms with Gasteiger partial charge in [0, 0.05) is 0 Å². The molecule has 1 aromatic rings. The molecule has 4 nitrogen and oxygen atoms in total. The Hall–Kier alpha value is -1.84. The van der Waals surface area contributed by atoms with E-state index in [0.717, 1.165) is 24.8 Å². The summed E-state index contributed by atoms with van der Waals surface area (Å²) in [7, 11) is 1.40. The molecule has 1 fully saturated rings. The molecule has 0 spiro atoms. The molecular weight excluding hydrogens is 280 g/mol. The summed E-state index contributed by atoms with van der Waals surface area (Å²) in [6.07, 6.45) is 3.46. The minimum atomic E-state index is -0.678. The van der Waals surface area contributed by atoms with Crippen molar-refractivity contribution in [3.8, 4) is 0 Å². The predicted molar refractivity (Wildman–Crippen MR) is 83.6 cm³/mol. The van der Waals surface area contributed by atoms with Crippen LogP contribution in [0.5, 0.6) is 0 Å². The second kappa shape index (κ2) is 6.95. The fourth-order valence-electron chi connectivity index (χ4n) is 3.45. The molecule has 22 heavy (non-hydrogen) atoms. The first-order valence-corrected chi connectivity index (χ1v) is 7.89. The highest BCUT2D eigenvalue weighted by atomic mass is 16.6. The standard InChI is InChI=1S/C18H24O4/c1-4-10-18(17(20)21-3)11-6-9-15(18)22-16(19)14-8-5-7-13(2)12-14/h5,7-8,12,15H,4,6,9-11H2,1-3H3. The number of hydrogen-bond acceptors (Lipinski definition) is 4. The van der Waals surface area contributed by atoms with Crippen molar-refractivity contribution in [1.29, 1.82) is 0 Å². The lowest BCUT2D eigenvalue weighted by Gasteiger charge is -2.32. The normalized spacial score (nSPS) is 24.0. The van der Waals surface area contributed by atoms with Gasteiger partial charge in [-0.1, -0.05) is 31.0 Å². The number of hydrogen-bond donors (Lipinski definition) is 0. The van der Waals surface area contributed by atoms with Crippen LogP contribution in [0.3, 0.4) is 0 Å². The zero-order valence-electron chi connectivity index (χ0n) is 13.6. The van der Waals surface area contributed by atoms with Gasteiger partial charge in [-0.15, -0.1) is 0 Å². The van der Waals surface area contributed by atoms with Crippen molar-refractivity contribution in [3.05, 3.63) is 35.4 Å². The Kier molecular flexibility index (Phi) is 5.22. The Morgan fingerprint density at radius 3 is 2.77 bits per heavy atom. The summed E-state index contributed by atoms with van der Waals surface area (Å²) in [4.78, 5) is 24.7. The van der Waals surface area contributed by atoms with Crippen LogP contribution in [-0.2, 0) is 14.3 Å². The molecule has 0 bridgehead atoms. The van der Waals surface area contributed by atoms with Crippen LogP contribution in [-0.4, -0.2) is 25.2 Å². The molecule has 0 amide bonds. The second-order valence-electron chi connectivity index (χ2n) is 6.05. The highest BCUT2D eigenvalue weighted by molar-refractivity contribution is 5.90. The second-order valence-corrected chi connectivity index (χ2v) is 6.05. The molecular formula is C18H24O4. The van der Waals surface area contributed by atoms with Crippen LogP contribution in [0.25, 0.3) is 0 Å². The molecule has 1 saturated carbocycles. The van der Waals surface area contributed by atoms with Crippen molar-refractivity contribution in [1.82, 2.24) is 0 Å². The maximum absolute atomic E-state index is 12.4. The van der Waals surface area contributed by atoms with E-state index in [-0.39, 0.29) is 11.9 Å². The molecule has 2 unspecified atom stereocenters. The van der Waals surface area contributed by atoms with Gasteiger partial charge in [-0.25, -0.2) is 4.79 Å². The number of aryl methyl sites for hydroxylation is 1. The Labute approximate surface area is 131 Å². The van der Waals surface area contributed by atoms with Crippen molar-refractivity contribution in [3.63, 3.8) is 0 Å². The van der Waals surface area contributed by atoms with E-state index in [1.165, 1.54) is 7.11 Å². The van der Waals surface area contributed by atoms with Gasteiger partial charge in [0.25, 0.3) is 0 Å². The van der Waals surface area contributed by atoms with Crippen LogP contribution in [0.15, 0.2) is 24.3 Å². The van der Waals surface area contributed by atoms with Gasteiger partial charge < -0.3 is 9.47 Å². The number of carbonyl (C=O) groups is 2. The highest BCUT2D eigenvalue weighted by Crippen LogP contribution is 2.45. The predicted octanol–water partition coefficient (Wildman–Crippen LogP) is 3.66. The molecule has 2 atom stereocenters. The van der Waals surface area contributed by atoms with Crippen LogP contribution in [0, 0.1) is 12.3 Å². The van der Waals surface area contributed by atoms with E-state index >= 15 is 0 Å². The molecule has 120 valence electrons. The van der Waals surface area contributed by atoms with Crippen LogP contribution in [0.4, 0.5) is 0 Å². The quantitative estimate of drug-likeness (QED) is 0.779. The maximum atomic E-state index is 12.4. The molecule has 4 heteroatoms. The Morgan fingerprint density at radius 2 is 2.14 bits per heavy atom. The Balaban J connectivity index is 2.19. The molecule has 1 aliphatic rings. The molecule has 0 heterocycles. The maximum Gasteiger partial charge on any atom is 0.338 e. The molecule has 1 aromatic carbocycles. The van der Waals surface area contributed by atoms with Crippen LogP contribution >= 0.6 is 0 Å². The van der Waals surface area contributed by atoms with Crippen molar-refractivity contribution >= 4 is 11.9 Å². The van der Waals surface area contributed by atoms with Crippen molar-refractivity contribution in [2.75, 3.05) is 7.11 Å². The lowest BCUT2D eigenvalue weighted by molar-refractivity contribution is -0.159. The summed E-state index contributed by atoms with van der Waals surface area (Å²) in [6, 6.07) is 7.31.